The van der Waals surface area contributed by atoms with Gasteiger partial charge in [-0.2, -0.15) is 0 Å². The minimum absolute atomic E-state index is 0.0554. The van der Waals surface area contributed by atoms with Crippen LogP contribution in [0.5, 0.6) is 11.5 Å². The molecule has 1 fully saturated rings. The lowest BCUT2D eigenvalue weighted by Crippen LogP contribution is -2.60. The third kappa shape index (κ3) is 6.86. The van der Waals surface area contributed by atoms with Gasteiger partial charge in [0, 0.05) is 11.5 Å². The molecule has 14 heteroatoms. The van der Waals surface area contributed by atoms with Crippen molar-refractivity contribution >= 4 is 11.9 Å². The maximum Gasteiger partial charge on any atom is 0.337 e. The minimum atomic E-state index is -1.72. The molecule has 216 valence electrons. The third-order valence-corrected chi connectivity index (χ3v) is 6.39. The number of hydrogen-bond acceptors (Lipinski definition) is 14. The normalized spacial score (nSPS) is 30.7. The van der Waals surface area contributed by atoms with E-state index in [9.17, 15) is 45.3 Å². The van der Waals surface area contributed by atoms with Gasteiger partial charge in [-0.3, -0.25) is 4.79 Å². The van der Waals surface area contributed by atoms with E-state index in [1.54, 1.807) is 6.92 Å². The van der Waals surface area contributed by atoms with Crippen LogP contribution in [0.25, 0.3) is 0 Å². The maximum atomic E-state index is 12.7. The Balaban J connectivity index is 1.74. The molecule has 0 aliphatic carbocycles. The van der Waals surface area contributed by atoms with E-state index in [4.69, 9.17) is 23.7 Å². The van der Waals surface area contributed by atoms with E-state index >= 15 is 0 Å². The van der Waals surface area contributed by atoms with Crippen LogP contribution in [-0.2, 0) is 33.3 Å². The summed E-state index contributed by atoms with van der Waals surface area (Å²) < 4.78 is 26.5. The summed E-state index contributed by atoms with van der Waals surface area (Å²) in [6.07, 6.45) is -8.39. The highest BCUT2D eigenvalue weighted by atomic mass is 16.8. The summed E-state index contributed by atoms with van der Waals surface area (Å²) >= 11 is 0. The highest BCUT2D eigenvalue weighted by Crippen LogP contribution is 2.36. The van der Waals surface area contributed by atoms with Gasteiger partial charge in [0.1, 0.15) is 37.1 Å². The van der Waals surface area contributed by atoms with E-state index in [-0.39, 0.29) is 22.5 Å². The van der Waals surface area contributed by atoms with Crippen LogP contribution in [0.15, 0.2) is 41.7 Å². The van der Waals surface area contributed by atoms with Gasteiger partial charge in [-0.15, -0.1) is 0 Å². The average molecular weight is 557 g/mol. The Hall–Kier alpha value is -3.24. The SMILES string of the molecule is C/C=C1\[C@H](O[C@@H]2O[C@H](CO)[C@@H](O)[C@H](O)[C@H]2O)OC=C(C(=O)OC)[C@H]1CC(=O)OCC(O)c1ccc(O)c(O)c1. The van der Waals surface area contributed by atoms with Gasteiger partial charge in [0.25, 0.3) is 0 Å². The second kappa shape index (κ2) is 13.2. The fourth-order valence-corrected chi connectivity index (χ4v) is 4.17. The molecule has 1 saturated heterocycles. The molecule has 3 rings (SSSR count). The highest BCUT2D eigenvalue weighted by Gasteiger charge is 2.46. The van der Waals surface area contributed by atoms with Gasteiger partial charge in [0.05, 0.1) is 32.0 Å². The standard InChI is InChI=1S/C25H32O14/c1-3-12-13(7-19(30)36-10-17(29)11-4-5-15(27)16(28)6-11)14(23(34)35-2)9-37-24(12)39-25-22(33)21(32)20(31)18(8-26)38-25/h3-6,9,13,17-18,20-22,24-29,31-33H,7-8,10H2,1-2H3/b12-3-/t13-,17?,18+,20+,21-,22+,24-,25-/m0/s1. The largest absolute Gasteiger partial charge is 0.504 e. The lowest BCUT2D eigenvalue weighted by Gasteiger charge is -2.41. The minimum Gasteiger partial charge on any atom is -0.504 e. The van der Waals surface area contributed by atoms with Crippen molar-refractivity contribution in [2.24, 2.45) is 5.92 Å². The van der Waals surface area contributed by atoms with E-state index in [0.717, 1.165) is 19.4 Å². The zero-order valence-corrected chi connectivity index (χ0v) is 21.1. The highest BCUT2D eigenvalue weighted by molar-refractivity contribution is 5.90. The molecule has 14 nitrogen and oxygen atoms in total. The number of carbonyl (C=O) groups excluding carboxylic acids is 2. The average Bonchev–Trinajstić information content (AvgIpc) is 2.93. The molecule has 0 amide bonds. The van der Waals surface area contributed by atoms with Crippen molar-refractivity contribution in [2.75, 3.05) is 20.3 Å². The number of allylic oxidation sites excluding steroid dienone is 1. The molecule has 2 heterocycles. The number of benzene rings is 1. The number of phenols is 2. The molecule has 0 saturated carbocycles. The van der Waals surface area contributed by atoms with E-state index in [2.05, 4.69) is 0 Å². The van der Waals surface area contributed by atoms with Crippen LogP contribution < -0.4 is 0 Å². The molecule has 0 radical (unpaired) electrons. The van der Waals surface area contributed by atoms with Crippen molar-refractivity contribution in [1.82, 2.24) is 0 Å². The number of aromatic hydroxyl groups is 2. The predicted molar refractivity (Wildman–Crippen MR) is 127 cm³/mol. The van der Waals surface area contributed by atoms with Crippen molar-refractivity contribution < 1.29 is 69.0 Å². The van der Waals surface area contributed by atoms with Gasteiger partial charge in [0.2, 0.25) is 6.29 Å². The van der Waals surface area contributed by atoms with E-state index in [1.165, 1.54) is 18.2 Å². The summed E-state index contributed by atoms with van der Waals surface area (Å²) in [5.74, 6) is -3.48. The van der Waals surface area contributed by atoms with Crippen molar-refractivity contribution in [3.05, 3.63) is 47.2 Å². The molecule has 1 aromatic carbocycles. The van der Waals surface area contributed by atoms with Crippen LogP contribution in [0.1, 0.15) is 25.0 Å². The van der Waals surface area contributed by atoms with E-state index < -0.39 is 86.3 Å². The third-order valence-electron chi connectivity index (χ3n) is 6.39. The summed E-state index contributed by atoms with van der Waals surface area (Å²) in [6.45, 7) is 0.394. The number of ether oxygens (including phenoxy) is 5. The number of phenolic OH excluding ortho intramolecular Hbond substituents is 2. The van der Waals surface area contributed by atoms with Gasteiger partial charge in [-0.1, -0.05) is 12.1 Å². The van der Waals surface area contributed by atoms with Gasteiger partial charge in [-0.05, 0) is 24.6 Å². The molecule has 1 unspecified atom stereocenters. The molecule has 0 bridgehead atoms. The lowest BCUT2D eigenvalue weighted by atomic mass is 9.86. The first kappa shape index (κ1) is 30.3. The Morgan fingerprint density at radius 2 is 1.82 bits per heavy atom. The molecular weight excluding hydrogens is 524 g/mol. The van der Waals surface area contributed by atoms with Crippen molar-refractivity contribution in [3.63, 3.8) is 0 Å². The first-order chi connectivity index (χ1) is 18.5. The predicted octanol–water partition coefficient (Wildman–Crippen LogP) is -1.14. The molecule has 7 N–H and O–H groups in total. The van der Waals surface area contributed by atoms with Gasteiger partial charge in [0.15, 0.2) is 17.8 Å². The number of esters is 2. The number of carbonyl (C=O) groups is 2. The molecule has 8 atom stereocenters. The van der Waals surface area contributed by atoms with Gasteiger partial charge < -0.3 is 59.4 Å². The number of hydrogen-bond donors (Lipinski definition) is 7. The quantitative estimate of drug-likeness (QED) is 0.109. The van der Waals surface area contributed by atoms with Crippen molar-refractivity contribution in [3.8, 4) is 11.5 Å². The number of rotatable bonds is 9. The van der Waals surface area contributed by atoms with Crippen LogP contribution in [0.4, 0.5) is 0 Å². The Morgan fingerprint density at radius 3 is 2.44 bits per heavy atom. The first-order valence-corrected chi connectivity index (χ1v) is 11.9. The van der Waals surface area contributed by atoms with Crippen LogP contribution in [0.2, 0.25) is 0 Å². The van der Waals surface area contributed by atoms with Crippen LogP contribution in [0, 0.1) is 5.92 Å². The van der Waals surface area contributed by atoms with Crippen LogP contribution in [-0.4, -0.2) is 105 Å². The van der Waals surface area contributed by atoms with E-state index in [1.807, 2.05) is 0 Å². The zero-order chi connectivity index (χ0) is 28.9. The first-order valence-electron chi connectivity index (χ1n) is 11.9. The van der Waals surface area contributed by atoms with Crippen molar-refractivity contribution in [1.29, 1.82) is 0 Å². The zero-order valence-electron chi connectivity index (χ0n) is 21.1. The molecule has 0 aromatic heterocycles. The summed E-state index contributed by atoms with van der Waals surface area (Å²) in [7, 11) is 1.13. The molecule has 0 spiro atoms. The Morgan fingerprint density at radius 1 is 1.10 bits per heavy atom. The summed E-state index contributed by atoms with van der Waals surface area (Å²) in [5, 5.41) is 69.1. The Kier molecular flexibility index (Phi) is 10.3. The van der Waals surface area contributed by atoms with Crippen LogP contribution >= 0.6 is 0 Å². The summed E-state index contributed by atoms with van der Waals surface area (Å²) in [6, 6.07) is 3.62. The Bertz CT molecular complexity index is 1080. The van der Waals surface area contributed by atoms with Gasteiger partial charge in [-0.25, -0.2) is 4.79 Å². The van der Waals surface area contributed by atoms with E-state index in [0.29, 0.717) is 0 Å². The Labute approximate surface area is 222 Å². The summed E-state index contributed by atoms with van der Waals surface area (Å²) in [4.78, 5) is 25.1. The topological polar surface area (TPSA) is 222 Å². The van der Waals surface area contributed by atoms with Crippen LogP contribution in [0.3, 0.4) is 0 Å². The number of aliphatic hydroxyl groups is 5. The van der Waals surface area contributed by atoms with Crippen molar-refractivity contribution in [2.45, 2.75) is 56.4 Å². The molecule has 1 aromatic rings. The second-order valence-electron chi connectivity index (χ2n) is 8.86. The lowest BCUT2D eigenvalue weighted by molar-refractivity contribution is -0.327. The molecular formula is C25H32O14. The number of methoxy groups -OCH3 is 1. The molecule has 39 heavy (non-hydrogen) atoms. The maximum absolute atomic E-state index is 12.7. The molecule has 2 aliphatic heterocycles. The fourth-order valence-electron chi connectivity index (χ4n) is 4.17. The molecule has 2 aliphatic rings. The van der Waals surface area contributed by atoms with Gasteiger partial charge >= 0.3 is 11.9 Å². The smallest absolute Gasteiger partial charge is 0.337 e. The monoisotopic (exact) mass is 556 g/mol. The fraction of sp³-hybridized carbons (Fsp3) is 0.520. The second-order valence-corrected chi connectivity index (χ2v) is 8.86. The summed E-state index contributed by atoms with van der Waals surface area (Å²) in [5.41, 5.74) is 0.359. The number of aliphatic hydroxyl groups excluding tert-OH is 5.